The van der Waals surface area contributed by atoms with E-state index in [0.29, 0.717) is 11.1 Å². The Balaban J connectivity index is 1.28. The third kappa shape index (κ3) is 3.51. The summed E-state index contributed by atoms with van der Waals surface area (Å²) in [4.78, 5) is 23.0. The molecule has 3 aromatic rings. The van der Waals surface area contributed by atoms with E-state index in [1.807, 2.05) is 36.4 Å². The number of amides is 1. The van der Waals surface area contributed by atoms with E-state index in [4.69, 9.17) is 9.15 Å². The summed E-state index contributed by atoms with van der Waals surface area (Å²) in [6.07, 6.45) is 0.262. The minimum absolute atomic E-state index is 0.0604. The Morgan fingerprint density at radius 3 is 2.68 bits per heavy atom. The number of hydrogen-bond donors (Lipinski definition) is 2. The zero-order valence-corrected chi connectivity index (χ0v) is 19.1. The molecule has 2 saturated heterocycles. The second-order valence-electron chi connectivity index (χ2n) is 8.57. The van der Waals surface area contributed by atoms with Gasteiger partial charge in [-0.25, -0.2) is 13.2 Å². The first kappa shape index (κ1) is 22.3. The van der Waals surface area contributed by atoms with Gasteiger partial charge in [0.05, 0.1) is 17.5 Å². The molecule has 10 nitrogen and oxygen atoms in total. The number of nitrogens with one attached hydrogen (secondary N) is 2. The summed E-state index contributed by atoms with van der Waals surface area (Å²) < 4.78 is 36.4. The standard InChI is InChI=1S/C23H22N4O6S/c1-27-19-9-16(6-7-20(19)33-22(27)29)15-4-2-14(3-5-15)8-17(10-24)26-21(28)18-11-25-12-23(18)32-13-34(23,30)31/h2-7,9,17-18,25H,8,11-13H2,1H3,(H,26,28)/t17-,18+,23-/m0/s1. The van der Waals surface area contributed by atoms with Gasteiger partial charge in [-0.05, 0) is 28.8 Å². The van der Waals surface area contributed by atoms with Crippen molar-refractivity contribution < 1.29 is 22.4 Å². The summed E-state index contributed by atoms with van der Waals surface area (Å²) in [5.41, 5.74) is 3.86. The largest absolute Gasteiger partial charge is 0.419 e. The number of sulfone groups is 1. The Bertz CT molecular complexity index is 1480. The van der Waals surface area contributed by atoms with Gasteiger partial charge in [0.15, 0.2) is 16.5 Å². The lowest BCUT2D eigenvalue weighted by atomic mass is 9.99. The highest BCUT2D eigenvalue weighted by molar-refractivity contribution is 7.93. The molecule has 2 aromatic carbocycles. The van der Waals surface area contributed by atoms with Gasteiger partial charge in [-0.15, -0.1) is 0 Å². The summed E-state index contributed by atoms with van der Waals surface area (Å²) in [7, 11) is -1.87. The van der Waals surface area contributed by atoms with Crippen molar-refractivity contribution in [3.63, 3.8) is 0 Å². The quantitative estimate of drug-likeness (QED) is 0.540. The highest BCUT2D eigenvalue weighted by atomic mass is 32.2. The average Bonchev–Trinajstić information content (AvgIpc) is 3.42. The maximum atomic E-state index is 12.8. The van der Waals surface area contributed by atoms with Crippen molar-refractivity contribution in [1.82, 2.24) is 15.2 Å². The number of aromatic nitrogens is 1. The molecule has 0 radical (unpaired) electrons. The lowest BCUT2D eigenvalue weighted by Crippen LogP contribution is -2.62. The highest BCUT2D eigenvalue weighted by Gasteiger charge is 2.63. The zero-order chi connectivity index (χ0) is 24.1. The summed E-state index contributed by atoms with van der Waals surface area (Å²) in [6.45, 7) is 0.232. The Morgan fingerprint density at radius 2 is 2.03 bits per heavy atom. The van der Waals surface area contributed by atoms with Gasteiger partial charge in [0.1, 0.15) is 6.04 Å². The van der Waals surface area contributed by atoms with Crippen LogP contribution in [-0.2, 0) is 32.8 Å². The van der Waals surface area contributed by atoms with Crippen LogP contribution in [0.15, 0.2) is 51.7 Å². The third-order valence-electron chi connectivity index (χ3n) is 6.54. The molecule has 0 saturated carbocycles. The molecule has 0 bridgehead atoms. The third-order valence-corrected chi connectivity index (χ3v) is 8.57. The predicted molar refractivity (Wildman–Crippen MR) is 122 cm³/mol. The van der Waals surface area contributed by atoms with Crippen molar-refractivity contribution >= 4 is 26.8 Å². The Morgan fingerprint density at radius 1 is 1.29 bits per heavy atom. The average molecular weight is 483 g/mol. The van der Waals surface area contributed by atoms with Crippen molar-refractivity contribution in [2.75, 3.05) is 19.0 Å². The molecule has 1 aromatic heterocycles. The predicted octanol–water partition coefficient (Wildman–Crippen LogP) is 0.668. The van der Waals surface area contributed by atoms with E-state index < -0.39 is 44.3 Å². The van der Waals surface area contributed by atoms with Crippen LogP contribution in [0.4, 0.5) is 0 Å². The molecule has 0 aliphatic carbocycles. The molecule has 1 spiro atoms. The first-order valence-corrected chi connectivity index (χ1v) is 12.4. The van der Waals surface area contributed by atoms with E-state index in [1.165, 1.54) is 4.57 Å². The van der Waals surface area contributed by atoms with Crippen LogP contribution in [0.2, 0.25) is 0 Å². The minimum Gasteiger partial charge on any atom is -0.408 e. The number of carbonyl (C=O) groups excluding carboxylic acids is 1. The fraction of sp³-hybridized carbons (Fsp3) is 0.348. The number of benzene rings is 2. The monoisotopic (exact) mass is 482 g/mol. The van der Waals surface area contributed by atoms with Crippen LogP contribution in [0.1, 0.15) is 5.56 Å². The number of fused-ring (bicyclic) bond motifs is 1. The molecular formula is C23H22N4O6S. The van der Waals surface area contributed by atoms with Gasteiger partial charge >= 0.3 is 5.76 Å². The summed E-state index contributed by atoms with van der Waals surface area (Å²) >= 11 is 0. The summed E-state index contributed by atoms with van der Waals surface area (Å²) in [5, 5.41) is 15.2. The van der Waals surface area contributed by atoms with Crippen molar-refractivity contribution in [2.24, 2.45) is 13.0 Å². The van der Waals surface area contributed by atoms with Crippen molar-refractivity contribution in [3.8, 4) is 17.2 Å². The number of rotatable bonds is 5. The topological polar surface area (TPSA) is 143 Å². The molecule has 3 atom stereocenters. The normalized spacial score (nSPS) is 23.9. The molecule has 3 heterocycles. The fourth-order valence-electron chi connectivity index (χ4n) is 4.52. The van der Waals surface area contributed by atoms with Crippen LogP contribution >= 0.6 is 0 Å². The molecule has 2 aliphatic heterocycles. The van der Waals surface area contributed by atoms with Crippen LogP contribution in [0.5, 0.6) is 0 Å². The Hall–Kier alpha value is -3.46. The number of aryl methyl sites for hydroxylation is 1. The number of nitriles is 1. The molecule has 2 fully saturated rings. The zero-order valence-electron chi connectivity index (χ0n) is 18.3. The smallest absolute Gasteiger partial charge is 0.408 e. The number of nitrogens with zero attached hydrogens (tertiary/aromatic N) is 2. The maximum absolute atomic E-state index is 12.8. The second kappa shape index (κ2) is 8.09. The Kier molecular flexibility index (Phi) is 5.31. The first-order valence-electron chi connectivity index (χ1n) is 10.7. The van der Waals surface area contributed by atoms with Gasteiger partial charge in [0.2, 0.25) is 15.7 Å². The van der Waals surface area contributed by atoms with E-state index in [0.717, 1.165) is 16.7 Å². The van der Waals surface area contributed by atoms with Gasteiger partial charge in [0.25, 0.3) is 0 Å². The van der Waals surface area contributed by atoms with Crippen LogP contribution in [0.25, 0.3) is 22.2 Å². The first-order chi connectivity index (χ1) is 16.2. The van der Waals surface area contributed by atoms with Crippen LogP contribution in [0, 0.1) is 17.2 Å². The van der Waals surface area contributed by atoms with Crippen molar-refractivity contribution in [2.45, 2.75) is 17.4 Å². The molecule has 0 unspecified atom stereocenters. The number of ether oxygens (including phenoxy) is 1. The van der Waals surface area contributed by atoms with Crippen LogP contribution in [0.3, 0.4) is 0 Å². The molecular weight excluding hydrogens is 460 g/mol. The van der Waals surface area contributed by atoms with Gasteiger partial charge in [-0.3, -0.25) is 9.36 Å². The molecule has 2 aliphatic rings. The number of oxazole rings is 1. The second-order valence-corrected chi connectivity index (χ2v) is 10.7. The SMILES string of the molecule is Cn1c(=O)oc2ccc(-c3ccc(C[C@@H](C#N)NC(=O)[C@H]4CNC[C@@]45OCS5(=O)=O)cc3)cc21. The van der Waals surface area contributed by atoms with Gasteiger partial charge < -0.3 is 19.8 Å². The lowest BCUT2D eigenvalue weighted by Gasteiger charge is -2.40. The van der Waals surface area contributed by atoms with Crippen molar-refractivity contribution in [1.29, 1.82) is 5.26 Å². The molecule has 34 heavy (non-hydrogen) atoms. The van der Waals surface area contributed by atoms with Crippen LogP contribution in [-0.4, -0.2) is 48.9 Å². The number of hydrogen-bond acceptors (Lipinski definition) is 8. The molecule has 176 valence electrons. The lowest BCUT2D eigenvalue weighted by molar-refractivity contribution is -0.131. The molecule has 11 heteroatoms. The molecule has 2 N–H and O–H groups in total. The van der Waals surface area contributed by atoms with Crippen LogP contribution < -0.4 is 16.4 Å². The van der Waals surface area contributed by atoms with Gasteiger partial charge in [-0.1, -0.05) is 30.3 Å². The molecule has 5 rings (SSSR count). The fourth-order valence-corrected chi connectivity index (χ4v) is 6.08. The van der Waals surface area contributed by atoms with E-state index in [9.17, 15) is 23.3 Å². The van der Waals surface area contributed by atoms with Gasteiger partial charge in [-0.2, -0.15) is 5.26 Å². The Labute approximate surface area is 195 Å². The summed E-state index contributed by atoms with van der Waals surface area (Å²) in [5.74, 6) is -2.24. The number of carbonyl (C=O) groups is 1. The van der Waals surface area contributed by atoms with E-state index >= 15 is 0 Å². The highest BCUT2D eigenvalue weighted by Crippen LogP contribution is 2.40. The van der Waals surface area contributed by atoms with E-state index in [2.05, 4.69) is 16.7 Å². The van der Waals surface area contributed by atoms with E-state index in [1.54, 1.807) is 13.1 Å². The van der Waals surface area contributed by atoms with E-state index in [-0.39, 0.29) is 19.5 Å². The molecule has 1 amide bonds. The van der Waals surface area contributed by atoms with Gasteiger partial charge in [0, 0.05) is 26.6 Å². The van der Waals surface area contributed by atoms with Crippen molar-refractivity contribution in [3.05, 3.63) is 58.6 Å². The summed E-state index contributed by atoms with van der Waals surface area (Å²) in [6, 6.07) is 14.3. The minimum atomic E-state index is -3.52. The maximum Gasteiger partial charge on any atom is 0.419 e.